The average molecular weight is 764 g/mol. The number of hydrogen-bond acceptors (Lipinski definition) is 2. The number of aryl methyl sites for hydroxylation is 1. The predicted molar refractivity (Wildman–Crippen MR) is 252 cm³/mol. The predicted octanol–water partition coefficient (Wildman–Crippen LogP) is 13.0. The maximum atomic E-state index is 6.80. The van der Waals surface area contributed by atoms with Crippen LogP contribution in [0.3, 0.4) is 0 Å². The second kappa shape index (κ2) is 11.7. The number of aromatic nitrogens is 2. The lowest BCUT2D eigenvalue weighted by Gasteiger charge is -2.42. The molecule has 0 amide bonds. The van der Waals surface area contributed by atoms with Gasteiger partial charge in [-0.15, -0.1) is 0 Å². The third kappa shape index (κ3) is 4.16. The van der Waals surface area contributed by atoms with E-state index >= 15 is 0 Å². The van der Waals surface area contributed by atoms with Crippen molar-refractivity contribution in [2.75, 3.05) is 4.81 Å². The smallest absolute Gasteiger partial charge is 0.333 e. The summed E-state index contributed by atoms with van der Waals surface area (Å²) in [5.41, 5.74) is 17.8. The van der Waals surface area contributed by atoms with Crippen LogP contribution in [0.2, 0.25) is 0 Å². The number of rotatable bonds is 3. The van der Waals surface area contributed by atoms with Crippen molar-refractivity contribution in [2.24, 2.45) is 0 Å². The van der Waals surface area contributed by atoms with E-state index in [-0.39, 0.29) is 6.85 Å². The lowest BCUT2D eigenvalue weighted by atomic mass is 9.44. The molecule has 60 heavy (non-hydrogen) atoms. The summed E-state index contributed by atoms with van der Waals surface area (Å²) in [6.45, 7) is 2.05. The molecule has 0 atom stereocenters. The second-order valence-electron chi connectivity index (χ2n) is 16.5. The zero-order chi connectivity index (χ0) is 39.2. The molecular weight excluding hydrogens is 729 g/mol. The molecule has 0 unspecified atom stereocenters. The number of hydrogen-bond donors (Lipinski definition) is 0. The van der Waals surface area contributed by atoms with Crippen molar-refractivity contribution in [1.29, 1.82) is 0 Å². The van der Waals surface area contributed by atoms with Crippen molar-refractivity contribution in [3.63, 3.8) is 0 Å². The zero-order valence-electron chi connectivity index (χ0n) is 32.7. The van der Waals surface area contributed by atoms with Crippen LogP contribution in [-0.2, 0) is 0 Å². The van der Waals surface area contributed by atoms with Gasteiger partial charge in [-0.1, -0.05) is 139 Å². The molecule has 2 aliphatic heterocycles. The Labute approximate surface area is 345 Å². The Balaban J connectivity index is 1.22. The molecule has 2 aliphatic rings. The molecule has 0 radical (unpaired) electrons. The van der Waals surface area contributed by atoms with Crippen molar-refractivity contribution in [3.8, 4) is 33.8 Å². The average Bonchev–Trinajstić information content (AvgIpc) is 3.99. The molecule has 278 valence electrons. The summed E-state index contributed by atoms with van der Waals surface area (Å²) in [5, 5.41) is 8.60. The minimum atomic E-state index is -0.121. The highest BCUT2D eigenvalue weighted by molar-refractivity contribution is 6.94. The Hall–Kier alpha value is -7.76. The topological polar surface area (TPSA) is 26.2 Å². The van der Waals surface area contributed by atoms with Gasteiger partial charge in [0.25, 0.3) is 0 Å². The molecule has 5 heteroatoms. The van der Waals surface area contributed by atoms with Gasteiger partial charge in [0, 0.05) is 61.2 Å². The highest BCUT2D eigenvalue weighted by atomic mass is 16.3. The van der Waals surface area contributed by atoms with E-state index in [1.807, 2.05) is 0 Å². The Bertz CT molecular complexity index is 3740. The fraction of sp³-hybridized carbons (Fsp3) is 0.0182. The van der Waals surface area contributed by atoms with Crippen molar-refractivity contribution >= 4 is 94.5 Å². The van der Waals surface area contributed by atoms with E-state index in [0.29, 0.717) is 0 Å². The van der Waals surface area contributed by atoms with Gasteiger partial charge in [-0.05, 0) is 82.7 Å². The molecule has 0 fully saturated rings. The summed E-state index contributed by atoms with van der Waals surface area (Å²) >= 11 is 0. The summed E-state index contributed by atoms with van der Waals surface area (Å²) < 4.78 is 11.9. The molecule has 3 aromatic heterocycles. The monoisotopic (exact) mass is 763 g/mol. The Morgan fingerprint density at radius 3 is 1.97 bits per heavy atom. The van der Waals surface area contributed by atoms with E-state index in [0.717, 1.165) is 28.0 Å². The summed E-state index contributed by atoms with van der Waals surface area (Å²) in [4.78, 5) is 2.60. The van der Waals surface area contributed by atoms with Crippen molar-refractivity contribution in [1.82, 2.24) is 9.13 Å². The maximum absolute atomic E-state index is 6.80. The molecule has 0 bridgehead atoms. The van der Waals surface area contributed by atoms with Gasteiger partial charge in [-0.3, -0.25) is 0 Å². The molecule has 0 spiro atoms. The van der Waals surface area contributed by atoms with Crippen LogP contribution < -0.4 is 15.7 Å². The number of furan rings is 1. The molecule has 4 nitrogen and oxygen atoms in total. The summed E-state index contributed by atoms with van der Waals surface area (Å²) in [7, 11) is 0. The van der Waals surface area contributed by atoms with Crippen molar-refractivity contribution in [3.05, 3.63) is 194 Å². The molecule has 0 saturated carbocycles. The summed E-state index contributed by atoms with van der Waals surface area (Å²) in [6, 6.07) is 69.3. The van der Waals surface area contributed by atoms with Crippen LogP contribution in [0.25, 0.3) is 99.2 Å². The van der Waals surface area contributed by atoms with Gasteiger partial charge in [0.05, 0.1) is 27.8 Å². The minimum absolute atomic E-state index is 0.121. The van der Waals surface area contributed by atoms with Gasteiger partial charge in [-0.2, -0.15) is 0 Å². The van der Waals surface area contributed by atoms with Crippen LogP contribution in [-0.4, -0.2) is 16.0 Å². The van der Waals surface area contributed by atoms with E-state index < -0.39 is 0 Å². The molecule has 5 heterocycles. The first-order valence-electron chi connectivity index (χ1n) is 20.8. The number of benzene rings is 9. The largest absolute Gasteiger partial charge is 0.456 e. The van der Waals surface area contributed by atoms with Crippen molar-refractivity contribution in [2.45, 2.75) is 6.92 Å². The minimum Gasteiger partial charge on any atom is -0.456 e. The second-order valence-corrected chi connectivity index (χ2v) is 16.5. The van der Waals surface area contributed by atoms with E-state index in [1.165, 1.54) is 99.1 Å². The van der Waals surface area contributed by atoms with Crippen LogP contribution in [0.15, 0.2) is 192 Å². The molecule has 9 aromatic carbocycles. The first-order valence-corrected chi connectivity index (χ1v) is 20.8. The van der Waals surface area contributed by atoms with E-state index in [2.05, 4.69) is 209 Å². The SMILES string of the molecule is Cc1ccc(N2B3c4cc5cc(-c6ccccc6)oc5cc4-n4c5ccc6ccccc6c5c5c(-n6c7ccccc7c7ccccc76)cc(c3c54)-c3ccccc32)cc1. The summed E-state index contributed by atoms with van der Waals surface area (Å²) in [5.74, 6) is 0.873. The summed E-state index contributed by atoms with van der Waals surface area (Å²) in [6.07, 6.45) is 0. The molecule has 12 aromatic rings. The first kappa shape index (κ1) is 32.2. The normalized spacial score (nSPS) is 13.0. The number of fused-ring (bicyclic) bond motifs is 14. The Morgan fingerprint density at radius 2 is 1.17 bits per heavy atom. The Kier molecular flexibility index (Phi) is 6.27. The third-order valence-electron chi connectivity index (χ3n) is 13.3. The van der Waals surface area contributed by atoms with Gasteiger partial charge in [0.2, 0.25) is 0 Å². The van der Waals surface area contributed by atoms with Gasteiger partial charge < -0.3 is 18.4 Å². The molecular formula is C55H34BN3O. The molecule has 0 aliphatic carbocycles. The van der Waals surface area contributed by atoms with Gasteiger partial charge in [0.15, 0.2) is 0 Å². The van der Waals surface area contributed by atoms with Crippen LogP contribution in [0.5, 0.6) is 0 Å². The van der Waals surface area contributed by atoms with E-state index in [9.17, 15) is 0 Å². The van der Waals surface area contributed by atoms with Gasteiger partial charge >= 0.3 is 6.85 Å². The van der Waals surface area contributed by atoms with Crippen molar-refractivity contribution < 1.29 is 4.42 Å². The number of anilines is 2. The highest BCUT2D eigenvalue weighted by Crippen LogP contribution is 2.49. The Morgan fingerprint density at radius 1 is 0.467 bits per heavy atom. The highest BCUT2D eigenvalue weighted by Gasteiger charge is 2.45. The maximum Gasteiger partial charge on any atom is 0.333 e. The number of nitrogens with zero attached hydrogens (tertiary/aromatic N) is 3. The van der Waals surface area contributed by atoms with Gasteiger partial charge in [-0.25, -0.2) is 0 Å². The number of para-hydroxylation sites is 3. The first-order chi connectivity index (χ1) is 29.7. The quantitative estimate of drug-likeness (QED) is 0.168. The fourth-order valence-electron chi connectivity index (χ4n) is 10.8. The molecule has 14 rings (SSSR count). The van der Waals surface area contributed by atoms with Crippen LogP contribution in [0.1, 0.15) is 5.56 Å². The molecule has 0 saturated heterocycles. The van der Waals surface area contributed by atoms with Crippen LogP contribution in [0, 0.1) is 6.92 Å². The molecule has 0 N–H and O–H groups in total. The standard InChI is InChI=1S/C55H34BN3O/c1-33-23-26-37(27-24-33)59-46-22-12-9-19-41(46)42-31-49(57-44-20-10-7-17-39(44)40-18-8-11-21-45(40)57)53-52-38-16-6-5-13-34(38)25-28-47(52)58-48-32-51-36(29-43(48)56(59)54(42)55(53)58)30-50(60-51)35-14-3-2-4-15-35/h2-32H,1H3. The zero-order valence-corrected chi connectivity index (χ0v) is 32.7. The van der Waals surface area contributed by atoms with E-state index in [4.69, 9.17) is 4.42 Å². The van der Waals surface area contributed by atoms with Crippen LogP contribution in [0.4, 0.5) is 11.4 Å². The lowest BCUT2D eigenvalue weighted by molar-refractivity contribution is 0.631. The van der Waals surface area contributed by atoms with Gasteiger partial charge in [0.1, 0.15) is 11.3 Å². The lowest BCUT2D eigenvalue weighted by Crippen LogP contribution is -2.60. The third-order valence-corrected chi connectivity index (χ3v) is 13.3. The van der Waals surface area contributed by atoms with E-state index in [1.54, 1.807) is 0 Å². The van der Waals surface area contributed by atoms with Crippen LogP contribution >= 0.6 is 0 Å². The fourth-order valence-corrected chi connectivity index (χ4v) is 10.8.